The van der Waals surface area contributed by atoms with Crippen molar-refractivity contribution in [1.82, 2.24) is 15.5 Å². The summed E-state index contributed by atoms with van der Waals surface area (Å²) in [6.07, 6.45) is -5.10. The Bertz CT molecular complexity index is 405. The molecular weight excluding hydrogens is 253 g/mol. The van der Waals surface area contributed by atoms with Crippen LogP contribution in [0.4, 0.5) is 13.2 Å². The fourth-order valence-electron chi connectivity index (χ4n) is 1.23. The molecule has 0 bridgehead atoms. The highest BCUT2D eigenvalue weighted by atomic mass is 19.4. The summed E-state index contributed by atoms with van der Waals surface area (Å²) < 4.78 is 40.7. The molecule has 102 valence electrons. The van der Waals surface area contributed by atoms with Gasteiger partial charge in [-0.3, -0.25) is 15.1 Å². The molecule has 1 rings (SSSR count). The van der Waals surface area contributed by atoms with E-state index >= 15 is 0 Å². The zero-order valence-corrected chi connectivity index (χ0v) is 9.62. The Labute approximate surface area is 101 Å². The van der Waals surface area contributed by atoms with Gasteiger partial charge in [0.15, 0.2) is 11.5 Å². The predicted molar refractivity (Wildman–Crippen MR) is 55.2 cm³/mol. The summed E-state index contributed by atoms with van der Waals surface area (Å²) in [7, 11) is 1.51. The summed E-state index contributed by atoms with van der Waals surface area (Å²) in [4.78, 5) is 12.5. The van der Waals surface area contributed by atoms with Gasteiger partial charge >= 0.3 is 6.18 Å². The van der Waals surface area contributed by atoms with Crippen molar-refractivity contribution in [2.45, 2.75) is 19.1 Å². The molecule has 0 unspecified atom stereocenters. The second kappa shape index (κ2) is 5.83. The Morgan fingerprint density at radius 1 is 1.61 bits per heavy atom. The van der Waals surface area contributed by atoms with E-state index in [1.807, 2.05) is 5.43 Å². The van der Waals surface area contributed by atoms with E-state index in [4.69, 9.17) is 10.4 Å². The number of aromatic nitrogens is 1. The van der Waals surface area contributed by atoms with Gasteiger partial charge < -0.3 is 4.52 Å². The van der Waals surface area contributed by atoms with Crippen molar-refractivity contribution in [2.75, 3.05) is 13.6 Å². The van der Waals surface area contributed by atoms with Crippen LogP contribution in [0.25, 0.3) is 0 Å². The fraction of sp³-hybridized carbons (Fsp3) is 0.556. The smallest absolute Gasteiger partial charge is 0.359 e. The highest BCUT2D eigenvalue weighted by Gasteiger charge is 2.27. The van der Waals surface area contributed by atoms with Crippen LogP contribution in [0.1, 0.15) is 22.7 Å². The van der Waals surface area contributed by atoms with Gasteiger partial charge in [-0.1, -0.05) is 5.16 Å². The third kappa shape index (κ3) is 4.72. The summed E-state index contributed by atoms with van der Waals surface area (Å²) in [6.45, 7) is -0.0381. The maximum absolute atomic E-state index is 12.0. The number of nitrogens with one attached hydrogen (secondary N) is 1. The van der Waals surface area contributed by atoms with E-state index in [0.29, 0.717) is 5.76 Å². The minimum Gasteiger partial charge on any atom is -0.359 e. The van der Waals surface area contributed by atoms with Crippen molar-refractivity contribution in [3.63, 3.8) is 0 Å². The third-order valence-electron chi connectivity index (χ3n) is 2.13. The lowest BCUT2D eigenvalue weighted by molar-refractivity contribution is -0.137. The lowest BCUT2D eigenvalue weighted by Gasteiger charge is -2.15. The van der Waals surface area contributed by atoms with Crippen LogP contribution in [0.15, 0.2) is 10.6 Å². The van der Waals surface area contributed by atoms with Crippen molar-refractivity contribution >= 4 is 5.91 Å². The lowest BCUT2D eigenvalue weighted by atomic mass is 10.3. The lowest BCUT2D eigenvalue weighted by Crippen LogP contribution is -2.30. The average molecular weight is 266 g/mol. The highest BCUT2D eigenvalue weighted by Crippen LogP contribution is 2.19. The maximum Gasteiger partial charge on any atom is 0.390 e. The van der Waals surface area contributed by atoms with Crippen LogP contribution in [-0.2, 0) is 6.54 Å². The number of carbonyl (C=O) groups is 1. The van der Waals surface area contributed by atoms with Gasteiger partial charge in [0.2, 0.25) is 0 Å². The van der Waals surface area contributed by atoms with Crippen molar-refractivity contribution < 1.29 is 22.5 Å². The number of carbonyl (C=O) groups excluding carboxylic acids is 1. The Balaban J connectivity index is 2.47. The van der Waals surface area contributed by atoms with E-state index in [1.165, 1.54) is 18.0 Å². The summed E-state index contributed by atoms with van der Waals surface area (Å²) >= 11 is 0. The minimum absolute atomic E-state index is 0.0169. The molecule has 0 aliphatic carbocycles. The van der Waals surface area contributed by atoms with E-state index in [-0.39, 0.29) is 18.8 Å². The second-order valence-electron chi connectivity index (χ2n) is 3.75. The standard InChI is InChI=1S/C9H13F3N4O2/c1-16(3-2-9(10,11)12)5-6-4-7(15-18-6)8(17)14-13/h4H,2-3,5,13H2,1H3,(H,14,17). The SMILES string of the molecule is CN(CCC(F)(F)F)Cc1cc(C(=O)NN)no1. The number of amides is 1. The van der Waals surface area contributed by atoms with Crippen LogP contribution < -0.4 is 11.3 Å². The first-order valence-electron chi connectivity index (χ1n) is 5.03. The van der Waals surface area contributed by atoms with E-state index in [9.17, 15) is 18.0 Å². The molecule has 1 aromatic heterocycles. The van der Waals surface area contributed by atoms with Gasteiger partial charge in [-0.2, -0.15) is 13.2 Å². The number of nitrogens with zero attached hydrogens (tertiary/aromatic N) is 2. The molecule has 0 aromatic carbocycles. The van der Waals surface area contributed by atoms with Crippen LogP contribution in [0.5, 0.6) is 0 Å². The molecule has 1 aromatic rings. The quantitative estimate of drug-likeness (QED) is 0.464. The number of alkyl halides is 3. The van der Waals surface area contributed by atoms with Gasteiger partial charge in [0, 0.05) is 12.6 Å². The van der Waals surface area contributed by atoms with Gasteiger partial charge in [-0.15, -0.1) is 0 Å². The van der Waals surface area contributed by atoms with Crippen molar-refractivity contribution in [1.29, 1.82) is 0 Å². The zero-order valence-electron chi connectivity index (χ0n) is 9.62. The average Bonchev–Trinajstić information content (AvgIpc) is 2.73. The molecule has 1 heterocycles. The van der Waals surface area contributed by atoms with Gasteiger partial charge in [-0.25, -0.2) is 5.84 Å². The fourth-order valence-corrected chi connectivity index (χ4v) is 1.23. The van der Waals surface area contributed by atoms with E-state index in [2.05, 4.69) is 5.16 Å². The van der Waals surface area contributed by atoms with E-state index in [1.54, 1.807) is 0 Å². The molecule has 6 nitrogen and oxygen atoms in total. The molecule has 0 spiro atoms. The van der Waals surface area contributed by atoms with Gasteiger partial charge in [0.1, 0.15) is 0 Å². The van der Waals surface area contributed by atoms with E-state index in [0.717, 1.165) is 0 Å². The van der Waals surface area contributed by atoms with Crippen LogP contribution in [-0.4, -0.2) is 35.7 Å². The van der Waals surface area contributed by atoms with Crippen LogP contribution in [0.2, 0.25) is 0 Å². The number of hydrogen-bond acceptors (Lipinski definition) is 5. The molecule has 0 saturated carbocycles. The van der Waals surface area contributed by atoms with Crippen LogP contribution >= 0.6 is 0 Å². The first kappa shape index (κ1) is 14.5. The molecular formula is C9H13F3N4O2. The van der Waals surface area contributed by atoms with Crippen molar-refractivity contribution in [3.05, 3.63) is 17.5 Å². The molecule has 0 fully saturated rings. The van der Waals surface area contributed by atoms with E-state index < -0.39 is 18.5 Å². The Hall–Kier alpha value is -1.61. The van der Waals surface area contributed by atoms with Crippen molar-refractivity contribution in [2.24, 2.45) is 5.84 Å². The molecule has 18 heavy (non-hydrogen) atoms. The Morgan fingerprint density at radius 2 is 2.28 bits per heavy atom. The van der Waals surface area contributed by atoms with Gasteiger partial charge in [0.05, 0.1) is 13.0 Å². The Morgan fingerprint density at radius 3 is 2.83 bits per heavy atom. The largest absolute Gasteiger partial charge is 0.390 e. The summed E-state index contributed by atoms with van der Waals surface area (Å²) in [5, 5.41) is 3.43. The molecule has 0 aliphatic heterocycles. The Kier molecular flexibility index (Phi) is 4.68. The van der Waals surface area contributed by atoms with Crippen LogP contribution in [0, 0.1) is 0 Å². The molecule has 0 aliphatic rings. The van der Waals surface area contributed by atoms with Crippen molar-refractivity contribution in [3.8, 4) is 0 Å². The minimum atomic E-state index is -4.19. The number of rotatable bonds is 5. The first-order chi connectivity index (χ1) is 8.31. The third-order valence-corrected chi connectivity index (χ3v) is 2.13. The molecule has 0 atom stereocenters. The number of hydrazine groups is 1. The normalized spacial score (nSPS) is 11.9. The first-order valence-corrected chi connectivity index (χ1v) is 5.03. The predicted octanol–water partition coefficient (Wildman–Crippen LogP) is 0.662. The van der Waals surface area contributed by atoms with Gasteiger partial charge in [0.25, 0.3) is 5.91 Å². The van der Waals surface area contributed by atoms with Crippen LogP contribution in [0.3, 0.4) is 0 Å². The summed E-state index contributed by atoms with van der Waals surface area (Å²) in [5.41, 5.74) is 1.85. The summed E-state index contributed by atoms with van der Waals surface area (Å²) in [5.74, 6) is 4.56. The summed E-state index contributed by atoms with van der Waals surface area (Å²) in [6, 6.07) is 1.33. The maximum atomic E-state index is 12.0. The molecule has 1 amide bonds. The topological polar surface area (TPSA) is 84.4 Å². The zero-order chi connectivity index (χ0) is 13.8. The monoisotopic (exact) mass is 266 g/mol. The highest BCUT2D eigenvalue weighted by molar-refractivity contribution is 5.91. The molecule has 0 saturated heterocycles. The number of halogens is 3. The molecule has 3 N–H and O–H groups in total. The number of nitrogen functional groups attached to an aromatic ring is 1. The molecule has 9 heteroatoms. The number of nitrogens with two attached hydrogens (primary N) is 1. The second-order valence-corrected chi connectivity index (χ2v) is 3.75. The van der Waals surface area contributed by atoms with Gasteiger partial charge in [-0.05, 0) is 7.05 Å². The number of hydrogen-bond donors (Lipinski definition) is 2. The molecule has 0 radical (unpaired) electrons.